The van der Waals surface area contributed by atoms with Crippen molar-refractivity contribution in [3.05, 3.63) is 64.3 Å². The summed E-state index contributed by atoms with van der Waals surface area (Å²) in [6.45, 7) is 0.612. The van der Waals surface area contributed by atoms with Gasteiger partial charge in [0.15, 0.2) is 0 Å². The quantitative estimate of drug-likeness (QED) is 0.786. The van der Waals surface area contributed by atoms with Crippen molar-refractivity contribution in [3.63, 3.8) is 0 Å². The van der Waals surface area contributed by atoms with Crippen LogP contribution in [-0.2, 0) is 13.5 Å². The number of hydrogen-bond acceptors (Lipinski definition) is 2. The molecule has 0 fully saturated rings. The molecule has 0 saturated heterocycles. The van der Waals surface area contributed by atoms with E-state index in [1.807, 2.05) is 23.9 Å². The maximum absolute atomic E-state index is 6.00. The summed E-state index contributed by atoms with van der Waals surface area (Å²) in [7, 11) is 1.99. The summed E-state index contributed by atoms with van der Waals surface area (Å²) in [6, 6.07) is 16.7. The van der Waals surface area contributed by atoms with Crippen molar-refractivity contribution in [3.8, 4) is 0 Å². The summed E-state index contributed by atoms with van der Waals surface area (Å²) >= 11 is 3.53. The van der Waals surface area contributed by atoms with Gasteiger partial charge in [-0.3, -0.25) is 4.68 Å². The molecule has 0 aliphatic rings. The van der Waals surface area contributed by atoms with E-state index in [1.165, 1.54) is 10.9 Å². The second-order valence-electron chi connectivity index (χ2n) is 5.28. The van der Waals surface area contributed by atoms with Gasteiger partial charge in [-0.1, -0.05) is 46.3 Å². The molecule has 0 saturated carbocycles. The molecular formula is C17H18BrN3. The van der Waals surface area contributed by atoms with Gasteiger partial charge < -0.3 is 5.73 Å². The summed E-state index contributed by atoms with van der Waals surface area (Å²) in [4.78, 5) is 0. The third-order valence-electron chi connectivity index (χ3n) is 3.88. The smallest absolute Gasteiger partial charge is 0.0709 e. The van der Waals surface area contributed by atoms with Gasteiger partial charge in [0.1, 0.15) is 0 Å². The van der Waals surface area contributed by atoms with Crippen molar-refractivity contribution in [1.29, 1.82) is 0 Å². The van der Waals surface area contributed by atoms with Gasteiger partial charge in [0.2, 0.25) is 0 Å². The molecule has 4 heteroatoms. The van der Waals surface area contributed by atoms with Crippen molar-refractivity contribution >= 4 is 26.8 Å². The first-order valence-corrected chi connectivity index (χ1v) is 7.84. The average Bonchev–Trinajstić information content (AvgIpc) is 2.82. The van der Waals surface area contributed by atoms with Crippen LogP contribution in [0.1, 0.15) is 17.2 Å². The Labute approximate surface area is 132 Å². The van der Waals surface area contributed by atoms with E-state index in [2.05, 4.69) is 57.4 Å². The molecule has 0 amide bonds. The molecule has 2 N–H and O–H groups in total. The van der Waals surface area contributed by atoms with Crippen LogP contribution in [0.15, 0.2) is 53.0 Å². The minimum Gasteiger partial charge on any atom is -0.330 e. The van der Waals surface area contributed by atoms with Crippen molar-refractivity contribution in [2.24, 2.45) is 12.8 Å². The second kappa shape index (κ2) is 6.00. The summed E-state index contributed by atoms with van der Waals surface area (Å²) in [5.41, 5.74) is 9.53. The standard InChI is InChI=1S/C17H18BrN3/c1-21-17-8-3-2-7-15(17)16(20-21)10-13(11-19)12-5-4-6-14(18)9-12/h2-9,13H,10-11,19H2,1H3. The van der Waals surface area contributed by atoms with Crippen molar-refractivity contribution in [1.82, 2.24) is 9.78 Å². The lowest BCUT2D eigenvalue weighted by Gasteiger charge is -2.14. The SMILES string of the molecule is Cn1nc(CC(CN)c2cccc(Br)c2)c2ccccc21. The van der Waals surface area contributed by atoms with Gasteiger partial charge in [-0.25, -0.2) is 0 Å². The first kappa shape index (κ1) is 14.3. The fraction of sp³-hybridized carbons (Fsp3) is 0.235. The normalized spacial score (nSPS) is 12.7. The number of nitrogens with two attached hydrogens (primary N) is 1. The van der Waals surface area contributed by atoms with Crippen LogP contribution in [0.4, 0.5) is 0 Å². The lowest BCUT2D eigenvalue weighted by Crippen LogP contribution is -2.15. The van der Waals surface area contributed by atoms with Crippen molar-refractivity contribution in [2.45, 2.75) is 12.3 Å². The van der Waals surface area contributed by atoms with Gasteiger partial charge in [-0.05, 0) is 30.3 Å². The molecule has 1 unspecified atom stereocenters. The van der Waals surface area contributed by atoms with Gasteiger partial charge in [0.05, 0.1) is 11.2 Å². The summed E-state index contributed by atoms with van der Waals surface area (Å²) < 4.78 is 3.03. The molecule has 0 aliphatic carbocycles. The van der Waals surface area contributed by atoms with E-state index in [9.17, 15) is 0 Å². The van der Waals surface area contributed by atoms with Crippen LogP contribution < -0.4 is 5.73 Å². The van der Waals surface area contributed by atoms with Crippen LogP contribution in [0.25, 0.3) is 10.9 Å². The predicted molar refractivity (Wildman–Crippen MR) is 90.4 cm³/mol. The molecule has 1 aromatic heterocycles. The summed E-state index contributed by atoms with van der Waals surface area (Å²) in [6.07, 6.45) is 0.855. The van der Waals surface area contributed by atoms with Gasteiger partial charge in [-0.15, -0.1) is 0 Å². The number of halogens is 1. The van der Waals surface area contributed by atoms with Gasteiger partial charge in [0, 0.05) is 29.2 Å². The third kappa shape index (κ3) is 2.87. The van der Waals surface area contributed by atoms with Crippen LogP contribution in [0, 0.1) is 0 Å². The average molecular weight is 344 g/mol. The number of aryl methyl sites for hydroxylation is 1. The van der Waals surface area contributed by atoms with Crippen molar-refractivity contribution in [2.75, 3.05) is 6.54 Å². The van der Waals surface area contributed by atoms with Crippen LogP contribution in [0.5, 0.6) is 0 Å². The molecule has 0 aliphatic heterocycles. The highest BCUT2D eigenvalue weighted by Gasteiger charge is 2.16. The highest BCUT2D eigenvalue weighted by molar-refractivity contribution is 9.10. The molecule has 0 spiro atoms. The topological polar surface area (TPSA) is 43.8 Å². The Morgan fingerprint density at radius 2 is 2.00 bits per heavy atom. The first-order chi connectivity index (χ1) is 10.2. The number of rotatable bonds is 4. The zero-order valence-electron chi connectivity index (χ0n) is 12.0. The number of fused-ring (bicyclic) bond motifs is 1. The van der Waals surface area contributed by atoms with Crippen molar-refractivity contribution < 1.29 is 0 Å². The summed E-state index contributed by atoms with van der Waals surface area (Å²) in [5, 5.41) is 5.89. The molecule has 108 valence electrons. The zero-order chi connectivity index (χ0) is 14.8. The fourth-order valence-electron chi connectivity index (χ4n) is 2.77. The zero-order valence-corrected chi connectivity index (χ0v) is 13.5. The van der Waals surface area contributed by atoms with Gasteiger partial charge in [-0.2, -0.15) is 5.10 Å². The molecule has 3 nitrogen and oxygen atoms in total. The van der Waals surface area contributed by atoms with E-state index in [4.69, 9.17) is 5.73 Å². The maximum atomic E-state index is 6.00. The van der Waals surface area contributed by atoms with Crippen LogP contribution >= 0.6 is 15.9 Å². The minimum absolute atomic E-state index is 0.279. The molecule has 1 atom stereocenters. The Balaban J connectivity index is 1.96. The fourth-order valence-corrected chi connectivity index (χ4v) is 3.19. The molecule has 3 rings (SSSR count). The Kier molecular flexibility index (Phi) is 4.08. The van der Waals surface area contributed by atoms with Crippen LogP contribution in [-0.4, -0.2) is 16.3 Å². The van der Waals surface area contributed by atoms with E-state index in [0.717, 1.165) is 22.1 Å². The number of nitrogens with zero attached hydrogens (tertiary/aromatic N) is 2. The maximum Gasteiger partial charge on any atom is 0.0709 e. The second-order valence-corrected chi connectivity index (χ2v) is 6.19. The van der Waals surface area contributed by atoms with Crippen LogP contribution in [0.2, 0.25) is 0 Å². The predicted octanol–water partition coefficient (Wildman–Crippen LogP) is 3.62. The highest BCUT2D eigenvalue weighted by atomic mass is 79.9. The lowest BCUT2D eigenvalue weighted by atomic mass is 9.93. The molecule has 0 bridgehead atoms. The lowest BCUT2D eigenvalue weighted by molar-refractivity contribution is 0.664. The number of benzene rings is 2. The van der Waals surface area contributed by atoms with E-state index in [0.29, 0.717) is 6.54 Å². The highest BCUT2D eigenvalue weighted by Crippen LogP contribution is 2.26. The molecule has 3 aromatic rings. The summed E-state index contributed by atoms with van der Waals surface area (Å²) in [5.74, 6) is 0.279. The van der Waals surface area contributed by atoms with E-state index < -0.39 is 0 Å². The monoisotopic (exact) mass is 343 g/mol. The Morgan fingerprint density at radius 1 is 1.19 bits per heavy atom. The van der Waals surface area contributed by atoms with Gasteiger partial charge >= 0.3 is 0 Å². The molecule has 2 aromatic carbocycles. The molecule has 1 heterocycles. The Hall–Kier alpha value is -1.65. The van der Waals surface area contributed by atoms with Gasteiger partial charge in [0.25, 0.3) is 0 Å². The number of aromatic nitrogens is 2. The molecule has 0 radical (unpaired) electrons. The molecule has 21 heavy (non-hydrogen) atoms. The minimum atomic E-state index is 0.279. The van der Waals surface area contributed by atoms with E-state index in [-0.39, 0.29) is 5.92 Å². The van der Waals surface area contributed by atoms with Crippen LogP contribution in [0.3, 0.4) is 0 Å². The Morgan fingerprint density at radius 3 is 2.76 bits per heavy atom. The number of hydrogen-bond donors (Lipinski definition) is 1. The Bertz CT molecular complexity index is 764. The third-order valence-corrected chi connectivity index (χ3v) is 4.37. The molecular weight excluding hydrogens is 326 g/mol. The first-order valence-electron chi connectivity index (χ1n) is 7.05. The van der Waals surface area contributed by atoms with E-state index in [1.54, 1.807) is 0 Å². The van der Waals surface area contributed by atoms with E-state index >= 15 is 0 Å². The number of para-hydroxylation sites is 1. The largest absolute Gasteiger partial charge is 0.330 e.